The van der Waals surface area contributed by atoms with Crippen LogP contribution in [0.2, 0.25) is 0 Å². The van der Waals surface area contributed by atoms with E-state index in [4.69, 9.17) is 19.4 Å². The largest absolute Gasteiger partial charge is 0.475 e. The number of ether oxygens (including phenoxy) is 2. The second-order valence-electron chi connectivity index (χ2n) is 9.18. The Labute approximate surface area is 211 Å². The van der Waals surface area contributed by atoms with Gasteiger partial charge in [0.25, 0.3) is 5.91 Å². The van der Waals surface area contributed by atoms with E-state index in [-0.39, 0.29) is 18.7 Å². The van der Waals surface area contributed by atoms with Crippen LogP contribution in [0.3, 0.4) is 0 Å². The molecule has 2 heterocycles. The van der Waals surface area contributed by atoms with E-state index in [0.717, 1.165) is 33.7 Å². The molecular weight excluding hydrogens is 460 g/mol. The Morgan fingerprint density at radius 2 is 1.89 bits per heavy atom. The van der Waals surface area contributed by atoms with Crippen molar-refractivity contribution in [2.45, 2.75) is 45.1 Å². The van der Waals surface area contributed by atoms with Gasteiger partial charge < -0.3 is 14.8 Å². The molecule has 1 aliphatic heterocycles. The van der Waals surface area contributed by atoms with Gasteiger partial charge in [-0.3, -0.25) is 9.10 Å². The molecule has 0 spiro atoms. The third kappa shape index (κ3) is 6.13. The number of amides is 1. The number of nitrogens with zero attached hydrogens (tertiary/aromatic N) is 3. The Kier molecular flexibility index (Phi) is 7.93. The quantitative estimate of drug-likeness (QED) is 0.477. The Morgan fingerprint density at radius 1 is 1.14 bits per heavy atom. The van der Waals surface area contributed by atoms with Gasteiger partial charge in [-0.25, -0.2) is 4.98 Å². The van der Waals surface area contributed by atoms with E-state index in [1.807, 2.05) is 40.7 Å². The Balaban J connectivity index is 1.84. The molecule has 0 saturated heterocycles. The molecule has 1 aromatic heterocycles. The van der Waals surface area contributed by atoms with Gasteiger partial charge in [0.2, 0.25) is 11.8 Å². The molecule has 184 valence electrons. The standard InChI is InChI=1S/C27H32N4O3S/c1-17(2)12-21-15-34-24-14-23(25-18(3)8-6-9-19(25)4)29-27(30-24)31(16-33-5)35-22-11-7-10-20(13-22)26(32)28-21/h6-11,13-14,17,21H,12,15-16H2,1-5H3,(H,28,32)/t21-/m1/s1. The maximum atomic E-state index is 13.0. The summed E-state index contributed by atoms with van der Waals surface area (Å²) >= 11 is 1.42. The number of aromatic nitrogens is 2. The van der Waals surface area contributed by atoms with E-state index >= 15 is 0 Å². The molecular formula is C27H32N4O3S. The van der Waals surface area contributed by atoms with E-state index in [0.29, 0.717) is 29.9 Å². The highest BCUT2D eigenvalue weighted by Crippen LogP contribution is 2.33. The van der Waals surface area contributed by atoms with Crippen LogP contribution in [-0.4, -0.2) is 42.4 Å². The lowest BCUT2D eigenvalue weighted by atomic mass is 10.00. The molecule has 0 unspecified atom stereocenters. The van der Waals surface area contributed by atoms with Crippen LogP contribution in [0, 0.1) is 19.8 Å². The highest BCUT2D eigenvalue weighted by molar-refractivity contribution is 8.00. The maximum Gasteiger partial charge on any atom is 0.251 e. The molecule has 1 amide bonds. The third-order valence-electron chi connectivity index (χ3n) is 5.73. The van der Waals surface area contributed by atoms with Gasteiger partial charge in [-0.1, -0.05) is 38.1 Å². The molecule has 0 aliphatic carbocycles. The minimum atomic E-state index is -0.156. The molecule has 7 nitrogen and oxygen atoms in total. The van der Waals surface area contributed by atoms with Gasteiger partial charge in [0, 0.05) is 29.2 Å². The summed E-state index contributed by atoms with van der Waals surface area (Å²) in [4.78, 5) is 23.6. The molecule has 0 fully saturated rings. The van der Waals surface area contributed by atoms with Crippen LogP contribution in [0.4, 0.5) is 5.95 Å². The number of fused-ring (bicyclic) bond motifs is 4. The number of aryl methyl sites for hydroxylation is 2. The zero-order valence-electron chi connectivity index (χ0n) is 20.9. The molecule has 3 aromatic rings. The number of hydrogen-bond donors (Lipinski definition) is 1. The van der Waals surface area contributed by atoms with Gasteiger partial charge >= 0.3 is 0 Å². The zero-order chi connectivity index (χ0) is 24.9. The van der Waals surface area contributed by atoms with Gasteiger partial charge in [0.05, 0.1) is 11.7 Å². The highest BCUT2D eigenvalue weighted by Gasteiger charge is 2.22. The Morgan fingerprint density at radius 3 is 2.60 bits per heavy atom. The molecule has 4 rings (SSSR count). The van der Waals surface area contributed by atoms with E-state index in [2.05, 4.69) is 45.1 Å². The molecule has 4 bridgehead atoms. The second kappa shape index (κ2) is 11.1. The summed E-state index contributed by atoms with van der Waals surface area (Å²) in [6, 6.07) is 15.5. The van der Waals surface area contributed by atoms with Crippen LogP contribution >= 0.6 is 11.9 Å². The van der Waals surface area contributed by atoms with E-state index in [1.54, 1.807) is 7.11 Å². The predicted molar refractivity (Wildman–Crippen MR) is 140 cm³/mol. The fourth-order valence-corrected chi connectivity index (χ4v) is 5.10. The molecule has 1 aliphatic rings. The summed E-state index contributed by atoms with van der Waals surface area (Å²) < 4.78 is 13.6. The van der Waals surface area contributed by atoms with E-state index < -0.39 is 0 Å². The van der Waals surface area contributed by atoms with Crippen molar-refractivity contribution in [3.63, 3.8) is 0 Å². The van der Waals surface area contributed by atoms with E-state index in [9.17, 15) is 4.79 Å². The topological polar surface area (TPSA) is 76.6 Å². The van der Waals surface area contributed by atoms with Crippen molar-refractivity contribution < 1.29 is 14.3 Å². The molecule has 8 heteroatoms. The van der Waals surface area contributed by atoms with Crippen molar-refractivity contribution in [2.24, 2.45) is 5.92 Å². The number of anilines is 1. The maximum absolute atomic E-state index is 13.0. The third-order valence-corrected chi connectivity index (χ3v) is 6.69. The van der Waals surface area contributed by atoms with Gasteiger partial charge in [-0.15, -0.1) is 0 Å². The lowest BCUT2D eigenvalue weighted by Gasteiger charge is -2.22. The van der Waals surface area contributed by atoms with Crippen LogP contribution < -0.4 is 14.4 Å². The van der Waals surface area contributed by atoms with Crippen LogP contribution in [0.5, 0.6) is 5.88 Å². The molecule has 0 radical (unpaired) electrons. The summed E-state index contributed by atoms with van der Waals surface area (Å²) in [6.07, 6.45) is 0.789. The first-order valence-electron chi connectivity index (χ1n) is 11.8. The summed E-state index contributed by atoms with van der Waals surface area (Å²) in [5.74, 6) is 1.22. The first-order chi connectivity index (χ1) is 16.8. The van der Waals surface area contributed by atoms with Crippen LogP contribution in [-0.2, 0) is 4.74 Å². The fourth-order valence-electron chi connectivity index (χ4n) is 4.20. The van der Waals surface area contributed by atoms with Crippen LogP contribution in [0.25, 0.3) is 11.3 Å². The lowest BCUT2D eigenvalue weighted by Crippen LogP contribution is -2.40. The van der Waals surface area contributed by atoms with Crippen LogP contribution in [0.1, 0.15) is 41.8 Å². The number of nitrogens with one attached hydrogen (secondary N) is 1. The van der Waals surface area contributed by atoms with Crippen molar-refractivity contribution in [2.75, 3.05) is 24.8 Å². The van der Waals surface area contributed by atoms with Crippen molar-refractivity contribution >= 4 is 23.8 Å². The molecule has 35 heavy (non-hydrogen) atoms. The van der Waals surface area contributed by atoms with Crippen molar-refractivity contribution in [1.82, 2.24) is 15.3 Å². The van der Waals surface area contributed by atoms with Crippen molar-refractivity contribution in [3.05, 3.63) is 65.2 Å². The summed E-state index contributed by atoms with van der Waals surface area (Å²) in [7, 11) is 1.63. The van der Waals surface area contributed by atoms with Crippen molar-refractivity contribution in [1.29, 1.82) is 0 Å². The van der Waals surface area contributed by atoms with E-state index in [1.165, 1.54) is 11.9 Å². The lowest BCUT2D eigenvalue weighted by molar-refractivity contribution is 0.0913. The number of carbonyl (C=O) groups is 1. The first kappa shape index (κ1) is 25.0. The summed E-state index contributed by atoms with van der Waals surface area (Å²) in [5.41, 5.74) is 4.70. The van der Waals surface area contributed by atoms with Gasteiger partial charge in [0.1, 0.15) is 13.3 Å². The number of rotatable bonds is 5. The summed E-state index contributed by atoms with van der Waals surface area (Å²) in [5, 5.41) is 3.15. The Bertz CT molecular complexity index is 1180. The molecule has 0 saturated carbocycles. The smallest absolute Gasteiger partial charge is 0.251 e. The number of hydrogen-bond acceptors (Lipinski definition) is 7. The minimum absolute atomic E-state index is 0.117. The second-order valence-corrected chi connectivity index (χ2v) is 10.3. The minimum Gasteiger partial charge on any atom is -0.475 e. The normalized spacial score (nSPS) is 16.1. The van der Waals surface area contributed by atoms with Gasteiger partial charge in [-0.05, 0) is 67.5 Å². The van der Waals surface area contributed by atoms with Crippen LogP contribution in [0.15, 0.2) is 53.4 Å². The number of benzene rings is 2. The first-order valence-corrected chi connectivity index (χ1v) is 12.5. The average Bonchev–Trinajstić information content (AvgIpc) is 2.82. The fraction of sp³-hybridized carbons (Fsp3) is 0.370. The molecule has 1 atom stereocenters. The van der Waals surface area contributed by atoms with Gasteiger partial charge in [0.15, 0.2) is 0 Å². The Hall–Kier alpha value is -3.10. The zero-order valence-corrected chi connectivity index (χ0v) is 21.7. The van der Waals surface area contributed by atoms with Crippen molar-refractivity contribution in [3.8, 4) is 17.1 Å². The van der Waals surface area contributed by atoms with Gasteiger partial charge in [-0.2, -0.15) is 4.98 Å². The SMILES string of the molecule is COCN1Sc2cccc(c2)C(=O)N[C@H](CC(C)C)COc2cc(-c3c(C)cccc3C)nc1n2. The monoisotopic (exact) mass is 492 g/mol. The summed E-state index contributed by atoms with van der Waals surface area (Å²) in [6.45, 7) is 8.99. The number of carbonyl (C=O) groups excluding carboxylic acids is 1. The predicted octanol–water partition coefficient (Wildman–Crippen LogP) is 5.41. The number of methoxy groups -OCH3 is 1. The molecule has 1 N–H and O–H groups in total. The highest BCUT2D eigenvalue weighted by atomic mass is 32.2. The molecule has 2 aromatic carbocycles. The average molecular weight is 493 g/mol.